The van der Waals surface area contributed by atoms with Gasteiger partial charge < -0.3 is 5.32 Å². The molecular formula is C21H13Cl3F9N3OS. The second-order valence-electron chi connectivity index (χ2n) is 7.36. The van der Waals surface area contributed by atoms with Crippen molar-refractivity contribution in [2.24, 2.45) is 0 Å². The number of nitrogens with one attached hydrogen (secondary N) is 3. The van der Waals surface area contributed by atoms with Crippen molar-refractivity contribution in [2.75, 3.05) is 6.54 Å². The van der Waals surface area contributed by atoms with Crippen LogP contribution in [0.4, 0.5) is 39.5 Å². The summed E-state index contributed by atoms with van der Waals surface area (Å²) in [4.78, 5) is 12.2. The van der Waals surface area contributed by atoms with E-state index < -0.39 is 58.7 Å². The van der Waals surface area contributed by atoms with Crippen LogP contribution in [0.25, 0.3) is 6.08 Å². The number of hydrazine groups is 1. The number of rotatable bonds is 5. The Hall–Kier alpha value is -2.42. The van der Waals surface area contributed by atoms with Gasteiger partial charge in [-0.15, -0.1) is 0 Å². The summed E-state index contributed by atoms with van der Waals surface area (Å²) in [7, 11) is 0. The summed E-state index contributed by atoms with van der Waals surface area (Å²) in [6.07, 6.45) is -13.4. The van der Waals surface area contributed by atoms with Gasteiger partial charge in [0.15, 0.2) is 5.11 Å². The molecule has 0 heterocycles. The monoisotopic (exact) mass is 631 g/mol. The summed E-state index contributed by atoms with van der Waals surface area (Å²) in [6.45, 7) is -1.57. The van der Waals surface area contributed by atoms with E-state index in [-0.39, 0.29) is 20.6 Å². The van der Waals surface area contributed by atoms with E-state index in [2.05, 4.69) is 12.2 Å². The Morgan fingerprint density at radius 2 is 1.50 bits per heavy atom. The molecule has 2 rings (SSSR count). The van der Waals surface area contributed by atoms with Crippen molar-refractivity contribution in [3.05, 3.63) is 73.7 Å². The first-order valence-corrected chi connectivity index (χ1v) is 11.4. The highest BCUT2D eigenvalue weighted by Crippen LogP contribution is 2.41. The first kappa shape index (κ1) is 31.8. The molecule has 17 heteroatoms. The molecule has 0 saturated carbocycles. The van der Waals surface area contributed by atoms with Crippen molar-refractivity contribution >= 4 is 64.1 Å². The molecule has 208 valence electrons. The van der Waals surface area contributed by atoms with Crippen molar-refractivity contribution in [1.82, 2.24) is 16.2 Å². The topological polar surface area (TPSA) is 53.2 Å². The molecule has 4 nitrogen and oxygen atoms in total. The molecule has 0 bridgehead atoms. The van der Waals surface area contributed by atoms with E-state index in [4.69, 9.17) is 34.8 Å². The van der Waals surface area contributed by atoms with Crippen molar-refractivity contribution < 1.29 is 44.3 Å². The van der Waals surface area contributed by atoms with Crippen molar-refractivity contribution in [3.8, 4) is 0 Å². The normalized spacial score (nSPS) is 13.4. The first-order valence-electron chi connectivity index (χ1n) is 9.81. The van der Waals surface area contributed by atoms with Crippen molar-refractivity contribution in [3.63, 3.8) is 0 Å². The van der Waals surface area contributed by atoms with E-state index >= 15 is 0 Å². The summed E-state index contributed by atoms with van der Waals surface area (Å²) < 4.78 is 118. The van der Waals surface area contributed by atoms with Crippen LogP contribution in [-0.2, 0) is 6.18 Å². The maximum Gasteiger partial charge on any atom is 0.417 e. The zero-order chi connectivity index (χ0) is 29.1. The van der Waals surface area contributed by atoms with Gasteiger partial charge >= 0.3 is 18.5 Å². The van der Waals surface area contributed by atoms with Crippen LogP contribution >= 0.6 is 47.0 Å². The van der Waals surface area contributed by atoms with Crippen LogP contribution in [0.3, 0.4) is 0 Å². The summed E-state index contributed by atoms with van der Waals surface area (Å²) in [5.41, 5.74) is 0.228. The lowest BCUT2D eigenvalue weighted by Gasteiger charge is -2.19. The highest BCUT2D eigenvalue weighted by atomic mass is 35.5. The van der Waals surface area contributed by atoms with Crippen molar-refractivity contribution in [2.45, 2.75) is 24.4 Å². The number of halogens is 12. The smallest absolute Gasteiger partial charge is 0.352 e. The number of thiocarbonyl (C=S) groups is 1. The van der Waals surface area contributed by atoms with Gasteiger partial charge in [-0.25, -0.2) is 0 Å². The van der Waals surface area contributed by atoms with Gasteiger partial charge in [0.25, 0.3) is 5.91 Å². The highest BCUT2D eigenvalue weighted by molar-refractivity contribution is 7.80. The number of alkyl halides is 9. The number of benzene rings is 2. The third-order valence-corrected chi connectivity index (χ3v) is 5.97. The average molecular weight is 633 g/mol. The number of hydrogen-bond acceptors (Lipinski definition) is 2. The molecule has 0 fully saturated rings. The van der Waals surface area contributed by atoms with Crippen LogP contribution in [0.5, 0.6) is 0 Å². The van der Waals surface area contributed by atoms with Gasteiger partial charge in [0.05, 0.1) is 32.1 Å². The molecule has 2 aromatic carbocycles. The van der Waals surface area contributed by atoms with Gasteiger partial charge in [-0.2, -0.15) is 39.5 Å². The molecule has 3 N–H and O–H groups in total. The number of amides is 1. The second kappa shape index (κ2) is 12.2. The van der Waals surface area contributed by atoms with E-state index in [9.17, 15) is 44.3 Å². The maximum absolute atomic E-state index is 13.7. The lowest BCUT2D eigenvalue weighted by atomic mass is 9.96. The predicted molar refractivity (Wildman–Crippen MR) is 128 cm³/mol. The summed E-state index contributed by atoms with van der Waals surface area (Å²) >= 11 is 21.8. The van der Waals surface area contributed by atoms with E-state index in [0.717, 1.165) is 24.3 Å². The Bertz CT molecular complexity index is 1210. The van der Waals surface area contributed by atoms with Gasteiger partial charge in [0.1, 0.15) is 6.54 Å². The van der Waals surface area contributed by atoms with Crippen LogP contribution in [0.1, 0.15) is 33.0 Å². The van der Waals surface area contributed by atoms with E-state index in [1.807, 2.05) is 5.43 Å². The minimum Gasteiger partial charge on any atom is -0.352 e. The van der Waals surface area contributed by atoms with Gasteiger partial charge in [-0.3, -0.25) is 15.6 Å². The Balaban J connectivity index is 2.33. The lowest BCUT2D eigenvalue weighted by molar-refractivity contribution is -0.139. The maximum atomic E-state index is 13.7. The molecule has 0 aliphatic heterocycles. The average Bonchev–Trinajstić information content (AvgIpc) is 2.77. The molecule has 1 amide bonds. The highest BCUT2D eigenvalue weighted by Gasteiger charge is 2.40. The number of hydrogen-bond donors (Lipinski definition) is 3. The standard InChI is InChI=1S/C21H13Cl3F9N3OS/c22-14-6-10(7-15(23)16(14)24)12(20(28,29)30)4-2-9-1-3-11(13(5-9)21(31,32)33)17(37)35-36-18(38)34-8-19(25,26)27/h1-7,12H,8H2,(H,35,37)(H2,34,36,38). The molecule has 2 aromatic rings. The third kappa shape index (κ3) is 9.10. The quantitative estimate of drug-likeness (QED) is 0.137. The fourth-order valence-electron chi connectivity index (χ4n) is 2.87. The van der Waals surface area contributed by atoms with Crippen LogP contribution < -0.4 is 16.2 Å². The van der Waals surface area contributed by atoms with Crippen LogP contribution in [-0.4, -0.2) is 29.9 Å². The molecule has 0 radical (unpaired) electrons. The number of allylic oxidation sites excluding steroid dienone is 1. The predicted octanol–water partition coefficient (Wildman–Crippen LogP) is 7.70. The largest absolute Gasteiger partial charge is 0.417 e. The molecule has 0 aliphatic rings. The fraction of sp³-hybridized carbons (Fsp3) is 0.238. The molecular weight excluding hydrogens is 620 g/mol. The molecule has 0 spiro atoms. The molecule has 0 saturated heterocycles. The lowest BCUT2D eigenvalue weighted by Crippen LogP contribution is -2.49. The fourth-order valence-corrected chi connectivity index (χ4v) is 3.61. The van der Waals surface area contributed by atoms with Crippen LogP contribution in [0, 0.1) is 0 Å². The summed E-state index contributed by atoms with van der Waals surface area (Å²) in [5.74, 6) is -3.76. The van der Waals surface area contributed by atoms with Gasteiger partial charge in [-0.05, 0) is 47.6 Å². The Labute approximate surface area is 229 Å². The van der Waals surface area contributed by atoms with E-state index in [1.165, 1.54) is 0 Å². The molecule has 0 aromatic heterocycles. The number of carbonyl (C=O) groups excluding carboxylic acids is 1. The molecule has 1 unspecified atom stereocenters. The molecule has 38 heavy (non-hydrogen) atoms. The SMILES string of the molecule is O=C(NNC(=S)NCC(F)(F)F)c1ccc(C=CC(c2cc(Cl)c(Cl)c(Cl)c2)C(F)(F)F)cc1C(F)(F)F. The van der Waals surface area contributed by atoms with E-state index in [0.29, 0.717) is 18.2 Å². The Morgan fingerprint density at radius 1 is 0.921 bits per heavy atom. The Morgan fingerprint density at radius 3 is 2.00 bits per heavy atom. The zero-order valence-electron chi connectivity index (χ0n) is 18.2. The zero-order valence-corrected chi connectivity index (χ0v) is 21.3. The third-order valence-electron chi connectivity index (χ3n) is 4.53. The minimum atomic E-state index is -5.13. The van der Waals surface area contributed by atoms with Crippen LogP contribution in [0.15, 0.2) is 36.4 Å². The minimum absolute atomic E-state index is 0.183. The summed E-state index contributed by atoms with van der Waals surface area (Å²) in [6, 6.07) is 3.84. The van der Waals surface area contributed by atoms with Crippen LogP contribution in [0.2, 0.25) is 15.1 Å². The molecule has 0 aliphatic carbocycles. The first-order chi connectivity index (χ1) is 17.3. The summed E-state index contributed by atoms with van der Waals surface area (Å²) in [5, 5.41) is 0.224. The van der Waals surface area contributed by atoms with Gasteiger partial charge in [0.2, 0.25) is 0 Å². The van der Waals surface area contributed by atoms with E-state index in [1.54, 1.807) is 10.7 Å². The Kier molecular flexibility index (Phi) is 10.2. The second-order valence-corrected chi connectivity index (χ2v) is 8.96. The molecule has 1 atom stereocenters. The van der Waals surface area contributed by atoms with Gasteiger partial charge in [-0.1, -0.05) is 53.0 Å². The van der Waals surface area contributed by atoms with Crippen molar-refractivity contribution in [1.29, 1.82) is 0 Å². The number of carbonyl (C=O) groups is 1. The van der Waals surface area contributed by atoms with Gasteiger partial charge in [0, 0.05) is 0 Å².